The van der Waals surface area contributed by atoms with Gasteiger partial charge < -0.3 is 15.0 Å². The van der Waals surface area contributed by atoms with Gasteiger partial charge in [-0.15, -0.1) is 0 Å². The van der Waals surface area contributed by atoms with Crippen molar-refractivity contribution in [3.8, 4) is 5.75 Å². The lowest BCUT2D eigenvalue weighted by Gasteiger charge is -2.25. The minimum atomic E-state index is -0.115. The van der Waals surface area contributed by atoms with Crippen molar-refractivity contribution in [3.63, 3.8) is 0 Å². The smallest absolute Gasteiger partial charge is 0.227 e. The van der Waals surface area contributed by atoms with Crippen molar-refractivity contribution < 1.29 is 9.53 Å². The molecular weight excluding hydrogens is 298 g/mol. The molecule has 0 spiro atoms. The molecule has 1 N–H and O–H groups in total. The predicted octanol–water partition coefficient (Wildman–Crippen LogP) is 1.61. The molecule has 3 aliphatic heterocycles. The van der Waals surface area contributed by atoms with Gasteiger partial charge in [0.2, 0.25) is 5.91 Å². The van der Waals surface area contributed by atoms with Crippen LogP contribution in [-0.2, 0) is 11.2 Å². The van der Waals surface area contributed by atoms with E-state index in [0.29, 0.717) is 13.2 Å². The van der Waals surface area contributed by atoms with E-state index in [1.54, 1.807) is 11.8 Å². The van der Waals surface area contributed by atoms with Crippen molar-refractivity contribution in [2.45, 2.75) is 6.42 Å². The van der Waals surface area contributed by atoms with E-state index in [9.17, 15) is 4.79 Å². The Labute approximate surface area is 133 Å². The van der Waals surface area contributed by atoms with Crippen molar-refractivity contribution in [1.29, 1.82) is 0 Å². The molecule has 0 aromatic heterocycles. The van der Waals surface area contributed by atoms with Crippen LogP contribution in [0.25, 0.3) is 0 Å². The highest BCUT2D eigenvalue weighted by Gasteiger charge is 2.29. The summed E-state index contributed by atoms with van der Waals surface area (Å²) in [6.07, 6.45) is 0.742. The number of fused-ring (bicyclic) bond motifs is 2. The Morgan fingerprint density at radius 2 is 2.36 bits per heavy atom. The topological polar surface area (TPSA) is 53.9 Å². The predicted molar refractivity (Wildman–Crippen MR) is 86.8 cm³/mol. The Morgan fingerprint density at radius 1 is 1.45 bits per heavy atom. The number of benzene rings is 1. The zero-order chi connectivity index (χ0) is 14.9. The van der Waals surface area contributed by atoms with Crippen molar-refractivity contribution in [2.24, 2.45) is 10.9 Å². The number of ether oxygens (including phenoxy) is 1. The third kappa shape index (κ3) is 2.47. The number of nitrogens with zero attached hydrogens (tertiary/aromatic N) is 2. The first-order valence-corrected chi connectivity index (χ1v) is 8.35. The Bertz CT molecular complexity index is 671. The summed E-state index contributed by atoms with van der Waals surface area (Å²) in [5.74, 6) is 0.848. The zero-order valence-electron chi connectivity index (χ0n) is 12.1. The third-order valence-corrected chi connectivity index (χ3v) is 5.09. The first-order chi connectivity index (χ1) is 10.8. The largest absolute Gasteiger partial charge is 0.492 e. The van der Waals surface area contributed by atoms with Gasteiger partial charge in [-0.3, -0.25) is 9.79 Å². The normalized spacial score (nSPS) is 22.4. The molecule has 114 valence electrons. The van der Waals surface area contributed by atoms with Crippen LogP contribution in [0.2, 0.25) is 0 Å². The van der Waals surface area contributed by atoms with E-state index in [1.807, 2.05) is 24.3 Å². The molecule has 0 fully saturated rings. The summed E-state index contributed by atoms with van der Waals surface area (Å²) in [6, 6.07) is 7.92. The summed E-state index contributed by atoms with van der Waals surface area (Å²) in [5, 5.41) is 6.17. The van der Waals surface area contributed by atoms with Gasteiger partial charge in [-0.05, 0) is 18.1 Å². The third-order valence-electron chi connectivity index (χ3n) is 4.14. The fourth-order valence-corrected chi connectivity index (χ4v) is 3.89. The van der Waals surface area contributed by atoms with E-state index >= 15 is 0 Å². The number of nitrogens with one attached hydrogen (secondary N) is 1. The van der Waals surface area contributed by atoms with Crippen molar-refractivity contribution in [3.05, 3.63) is 40.9 Å². The molecule has 6 heteroatoms. The van der Waals surface area contributed by atoms with Crippen molar-refractivity contribution in [2.75, 3.05) is 26.2 Å². The highest BCUT2D eigenvalue weighted by molar-refractivity contribution is 8.16. The summed E-state index contributed by atoms with van der Waals surface area (Å²) in [7, 11) is 0. The summed E-state index contributed by atoms with van der Waals surface area (Å²) in [4.78, 5) is 19.0. The molecule has 1 unspecified atom stereocenters. The van der Waals surface area contributed by atoms with Crippen molar-refractivity contribution in [1.82, 2.24) is 10.2 Å². The standard InChI is InChI=1S/C16H17N3O2S/c20-15(12-7-11-3-1-2-4-14(11)21-9-12)18-8-13-10-22-16-17-5-6-19(13)16/h1-4,10,12H,5-9H2,(H,18,20). The van der Waals surface area contributed by atoms with Crippen molar-refractivity contribution >= 4 is 22.8 Å². The summed E-state index contributed by atoms with van der Waals surface area (Å²) in [5.41, 5.74) is 2.24. The maximum atomic E-state index is 12.4. The molecule has 1 atom stereocenters. The molecular formula is C16H17N3O2S. The highest BCUT2D eigenvalue weighted by Crippen LogP contribution is 2.29. The van der Waals surface area contributed by atoms with E-state index in [0.717, 1.165) is 41.7 Å². The monoisotopic (exact) mass is 315 g/mol. The van der Waals surface area contributed by atoms with Crippen LogP contribution in [0.5, 0.6) is 5.75 Å². The van der Waals surface area contributed by atoms with Crippen LogP contribution in [0.3, 0.4) is 0 Å². The van der Waals surface area contributed by atoms with Gasteiger partial charge in [-0.25, -0.2) is 0 Å². The molecule has 22 heavy (non-hydrogen) atoms. The van der Waals surface area contributed by atoms with E-state index < -0.39 is 0 Å². The summed E-state index contributed by atoms with van der Waals surface area (Å²) in [6.45, 7) is 2.78. The second-order valence-corrected chi connectivity index (χ2v) is 6.42. The molecule has 1 aromatic rings. The van der Waals surface area contributed by atoms with E-state index in [2.05, 4.69) is 20.6 Å². The lowest BCUT2D eigenvalue weighted by molar-refractivity contribution is -0.126. The van der Waals surface area contributed by atoms with E-state index in [4.69, 9.17) is 4.74 Å². The molecule has 1 amide bonds. The second-order valence-electron chi connectivity index (χ2n) is 5.58. The minimum Gasteiger partial charge on any atom is -0.492 e. The zero-order valence-corrected chi connectivity index (χ0v) is 12.9. The first kappa shape index (κ1) is 13.7. The van der Waals surface area contributed by atoms with Gasteiger partial charge in [0, 0.05) is 17.6 Å². The van der Waals surface area contributed by atoms with Gasteiger partial charge in [-0.1, -0.05) is 30.0 Å². The number of amidine groups is 1. The van der Waals surface area contributed by atoms with E-state index in [-0.39, 0.29) is 11.8 Å². The molecule has 0 aliphatic carbocycles. The van der Waals surface area contributed by atoms with Crippen LogP contribution in [-0.4, -0.2) is 42.2 Å². The molecule has 3 heterocycles. The molecule has 4 rings (SSSR count). The van der Waals surface area contributed by atoms with Crippen LogP contribution in [0.4, 0.5) is 0 Å². The summed E-state index contributed by atoms with van der Waals surface area (Å²) < 4.78 is 5.69. The van der Waals surface area contributed by atoms with Crippen LogP contribution >= 0.6 is 11.8 Å². The number of thioether (sulfide) groups is 1. The fraction of sp³-hybridized carbons (Fsp3) is 0.375. The van der Waals surface area contributed by atoms with Gasteiger partial charge in [0.05, 0.1) is 19.0 Å². The van der Waals surface area contributed by atoms with E-state index in [1.165, 1.54) is 0 Å². The number of rotatable bonds is 3. The van der Waals surface area contributed by atoms with Crippen LogP contribution in [0.1, 0.15) is 5.56 Å². The SMILES string of the molecule is O=C(NCC1=CSC2=NCCN12)C1COc2ccccc2C1. The minimum absolute atomic E-state index is 0.0602. The van der Waals surface area contributed by atoms with Crippen LogP contribution in [0.15, 0.2) is 40.4 Å². The quantitative estimate of drug-likeness (QED) is 0.921. The van der Waals surface area contributed by atoms with Gasteiger partial charge in [-0.2, -0.15) is 0 Å². The van der Waals surface area contributed by atoms with Gasteiger partial charge in [0.1, 0.15) is 12.4 Å². The number of hydrogen-bond donors (Lipinski definition) is 1. The number of hydrogen-bond acceptors (Lipinski definition) is 5. The van der Waals surface area contributed by atoms with Crippen LogP contribution < -0.4 is 10.1 Å². The van der Waals surface area contributed by atoms with Gasteiger partial charge in [0.25, 0.3) is 0 Å². The Kier molecular flexibility index (Phi) is 3.54. The molecule has 5 nitrogen and oxygen atoms in total. The lowest BCUT2D eigenvalue weighted by Crippen LogP contribution is -2.39. The number of carbonyl (C=O) groups excluding carboxylic acids is 1. The molecule has 1 aromatic carbocycles. The average Bonchev–Trinajstić information content (AvgIpc) is 3.16. The molecule has 0 bridgehead atoms. The maximum absolute atomic E-state index is 12.4. The maximum Gasteiger partial charge on any atom is 0.227 e. The molecule has 3 aliphatic rings. The Balaban J connectivity index is 1.35. The number of amides is 1. The number of para-hydroxylation sites is 1. The molecule has 0 saturated carbocycles. The highest BCUT2D eigenvalue weighted by atomic mass is 32.2. The van der Waals surface area contributed by atoms with Gasteiger partial charge >= 0.3 is 0 Å². The molecule has 0 saturated heterocycles. The lowest BCUT2D eigenvalue weighted by atomic mass is 9.96. The second kappa shape index (κ2) is 5.68. The Hall–Kier alpha value is -1.95. The Morgan fingerprint density at radius 3 is 3.32 bits per heavy atom. The number of carbonyl (C=O) groups is 1. The average molecular weight is 315 g/mol. The fourth-order valence-electron chi connectivity index (χ4n) is 2.93. The van der Waals surface area contributed by atoms with Crippen LogP contribution in [0, 0.1) is 5.92 Å². The molecule has 0 radical (unpaired) electrons. The number of aliphatic imine (C=N–C) groups is 1. The first-order valence-electron chi connectivity index (χ1n) is 7.47. The summed E-state index contributed by atoms with van der Waals surface area (Å²) >= 11 is 1.64. The van der Waals surface area contributed by atoms with Gasteiger partial charge in [0.15, 0.2) is 5.17 Å².